The van der Waals surface area contributed by atoms with Crippen LogP contribution in [0.1, 0.15) is 114 Å². The van der Waals surface area contributed by atoms with Gasteiger partial charge in [-0.15, -0.1) is 0 Å². The van der Waals surface area contributed by atoms with Gasteiger partial charge in [-0.1, -0.05) is 41.5 Å². The zero-order valence-corrected chi connectivity index (χ0v) is 59.8. The van der Waals surface area contributed by atoms with Crippen LogP contribution in [-0.4, -0.2) is 75.0 Å². The number of amides is 4. The maximum absolute atomic E-state index is 12.3. The number of primary amides is 1. The van der Waals surface area contributed by atoms with Crippen molar-refractivity contribution in [2.75, 3.05) is 27.4 Å². The van der Waals surface area contributed by atoms with Gasteiger partial charge in [-0.2, -0.15) is 0 Å². The molecule has 0 radical (unpaired) electrons. The van der Waals surface area contributed by atoms with Crippen molar-refractivity contribution < 1.29 is 116 Å². The van der Waals surface area contributed by atoms with Gasteiger partial charge < -0.3 is 45.6 Å². The van der Waals surface area contributed by atoms with Crippen LogP contribution in [0, 0.1) is 7.14 Å². The summed E-state index contributed by atoms with van der Waals surface area (Å²) in [5, 5.41) is 7.94. The monoisotopic (exact) mass is 1610 g/mol. The number of carbonyl (C=O) groups excluding carboxylic acids is 4. The molecule has 33 heteroatoms. The number of nitrogens with zero attached hydrogens (tertiary/aromatic N) is 3. The molecule has 97 heavy (non-hydrogen) atoms. The molecule has 0 spiro atoms. The van der Waals surface area contributed by atoms with E-state index >= 15 is 0 Å². The number of hydrogen-bond donors (Lipinski definition) is 6. The molecule has 7 aromatic rings. The second-order valence-electron chi connectivity index (χ2n) is 20.7. The predicted molar refractivity (Wildman–Crippen MR) is 352 cm³/mol. The van der Waals surface area contributed by atoms with E-state index in [4.69, 9.17) is 45.6 Å². The van der Waals surface area contributed by atoms with E-state index < -0.39 is 83.3 Å². The van der Waals surface area contributed by atoms with Crippen LogP contribution in [0.25, 0.3) is 0 Å². The molecule has 0 atom stereocenters. The number of pyridine rings is 3. The van der Waals surface area contributed by atoms with Crippen LogP contribution in [0.3, 0.4) is 0 Å². The van der Waals surface area contributed by atoms with Gasteiger partial charge in [0.05, 0.1) is 3.57 Å². The first-order chi connectivity index (χ1) is 45.0. The molecule has 3 aromatic heterocycles. The second kappa shape index (κ2) is 40.1. The summed E-state index contributed by atoms with van der Waals surface area (Å²) in [5.41, 5.74) is 16.7. The normalized spacial score (nSPS) is 11.3. The molecule has 9 N–H and O–H groups in total. The van der Waals surface area contributed by atoms with Crippen LogP contribution in [0.4, 0.5) is 82.6 Å². The van der Waals surface area contributed by atoms with Crippen LogP contribution < -0.4 is 67.0 Å². The summed E-state index contributed by atoms with van der Waals surface area (Å²) in [6.45, 7) is 28.2. The van der Waals surface area contributed by atoms with E-state index in [2.05, 4.69) is 62.7 Å². The first-order valence-corrected chi connectivity index (χ1v) is 33.7. The van der Waals surface area contributed by atoms with Gasteiger partial charge in [-0.25, -0.2) is 24.4 Å². The van der Waals surface area contributed by atoms with Crippen molar-refractivity contribution in [1.29, 1.82) is 0 Å². The summed E-state index contributed by atoms with van der Waals surface area (Å²) in [6, 6.07) is 32.8. The molecule has 4 aromatic carbocycles. The van der Waals surface area contributed by atoms with Crippen molar-refractivity contribution in [3.8, 4) is 34.5 Å². The summed E-state index contributed by atoms with van der Waals surface area (Å²) < 4.78 is 152. The number of alkyl halides is 9. The van der Waals surface area contributed by atoms with Gasteiger partial charge in [0.2, 0.25) is 0 Å². The minimum absolute atomic E-state index is 0.121. The van der Waals surface area contributed by atoms with E-state index in [0.29, 0.717) is 75.3 Å². The molecule has 0 fully saturated rings. The fourth-order valence-corrected chi connectivity index (χ4v) is 10.9. The molecule has 0 aliphatic carbocycles. The number of halogens is 11. The molecule has 536 valence electrons. The van der Waals surface area contributed by atoms with E-state index in [9.17, 15) is 58.7 Å². The van der Waals surface area contributed by atoms with Crippen molar-refractivity contribution in [3.05, 3.63) is 165 Å². The fourth-order valence-electron chi connectivity index (χ4n) is 6.19. The summed E-state index contributed by atoms with van der Waals surface area (Å²) in [6.07, 6.45) is -14.4. The molecule has 0 bridgehead atoms. The van der Waals surface area contributed by atoms with Gasteiger partial charge >= 0.3 is 140 Å². The Balaban J connectivity index is 0.000000630. The van der Waals surface area contributed by atoms with Crippen LogP contribution in [-0.2, 0) is 23.4 Å². The predicted octanol–water partition coefficient (Wildman–Crippen LogP) is 16.0. The molecule has 3 heterocycles. The van der Waals surface area contributed by atoms with Gasteiger partial charge in [-0.3, -0.25) is 25.7 Å². The first-order valence-electron chi connectivity index (χ1n) is 28.9. The number of nitrogens with two attached hydrogens (primary N) is 3. The number of hydrogen-bond acceptors (Lipinski definition) is 18. The number of ether oxygens (including phenoxy) is 6. The van der Waals surface area contributed by atoms with E-state index in [0.717, 1.165) is 21.8 Å². The Morgan fingerprint density at radius 1 is 0.433 bits per heavy atom. The van der Waals surface area contributed by atoms with Gasteiger partial charge in [-0.05, 0) is 170 Å². The summed E-state index contributed by atoms with van der Waals surface area (Å²) >= 11 is -4.87. The maximum atomic E-state index is 12.3. The van der Waals surface area contributed by atoms with Crippen molar-refractivity contribution in [2.45, 2.75) is 140 Å². The van der Waals surface area contributed by atoms with Gasteiger partial charge in [0, 0.05) is 53.9 Å². The number of nitrogen functional groups attached to an aromatic ring is 2. The molecule has 22 nitrogen and oxygen atoms in total. The Morgan fingerprint density at radius 3 is 1.09 bits per heavy atom. The Kier molecular flexibility index (Phi) is 35.7. The zero-order valence-electron chi connectivity index (χ0n) is 55.5. The van der Waals surface area contributed by atoms with E-state index in [1.165, 1.54) is 12.3 Å². The number of benzene rings is 4. The van der Waals surface area contributed by atoms with Crippen molar-refractivity contribution in [2.24, 2.45) is 5.73 Å². The molecule has 7 rings (SSSR count). The minimum atomic E-state index is -6.99. The summed E-state index contributed by atoms with van der Waals surface area (Å²) in [5.74, 6) is 3.61. The third kappa shape index (κ3) is 38.0. The van der Waals surface area contributed by atoms with E-state index in [1.807, 2.05) is 83.1 Å². The molecule has 0 aliphatic rings. The van der Waals surface area contributed by atoms with Crippen molar-refractivity contribution >= 4 is 75.5 Å². The Labute approximate surface area is 575 Å². The molecule has 0 aliphatic heterocycles. The van der Waals surface area contributed by atoms with Crippen molar-refractivity contribution in [3.63, 3.8) is 0 Å². The van der Waals surface area contributed by atoms with Gasteiger partial charge in [0.25, 0.3) is 5.91 Å². The number of nitrogens with one attached hydrogen (secondary N) is 3. The first kappa shape index (κ1) is 86.3. The molecule has 0 saturated carbocycles. The molecular weight excluding hydrogens is 1530 g/mol. The van der Waals surface area contributed by atoms with Gasteiger partial charge in [0.15, 0.2) is 0 Å². The number of carbonyl (C=O) groups is 4. The van der Waals surface area contributed by atoms with E-state index in [-0.39, 0.29) is 5.69 Å². The fraction of sp³-hybridized carbons (Fsp3) is 0.328. The Hall–Kier alpha value is -8.68. The standard InChI is InChI=1S/C17H19N3O4.C16H18IN3O3.C16H19N3O3.C9H5F9IO3.3C2H6/c1-17(2,3)24-16(22)20-11-4-6-12(7-5-11)23-13-8-9-19-14(10-13)15(18)21;1-16(2,3)23-15(21)20-10-4-6-11(7-5-10)22-13-8-14(18)19-9-12(13)17;1-16(2,3)22-15(20)19-11-4-6-12(7-5-11)21-13-8-9-18-14(17)10-13;10-7(11,12)20-19(21-8(13,14)15,22-9(16,17)18)6-4-2-1-3-5-6;3*1-2/h4-10H,1-3H3,(H2,18,21)(H,20,22);4-9H,1-3H3,(H2,18,19)(H,20,21);4-10H,1-3H3,(H2,17,18)(H,19,20);1-5H;3*1-2H3/q;;;-1;;;. The second-order valence-corrected chi connectivity index (χ2v) is 26.9. The number of rotatable bonds is 14. The number of anilines is 5. The van der Waals surface area contributed by atoms with E-state index in [1.54, 1.807) is 130 Å². The summed E-state index contributed by atoms with van der Waals surface area (Å²) in [4.78, 5) is 57.9. The molecule has 0 unspecified atom stereocenters. The van der Waals surface area contributed by atoms with Crippen LogP contribution >= 0.6 is 22.6 Å². The van der Waals surface area contributed by atoms with Crippen LogP contribution in [0.2, 0.25) is 0 Å². The average molecular weight is 1610 g/mol. The third-order valence-electron chi connectivity index (χ3n) is 9.34. The van der Waals surface area contributed by atoms with Gasteiger partial charge in [0.1, 0.15) is 68.6 Å². The SMILES string of the molecule is CC.CC.CC.CC(C)(C)OC(=O)Nc1ccc(Oc2cc(N)ncc2I)cc1.CC(C)(C)OC(=O)Nc1ccc(Oc2ccnc(C(N)=O)c2)cc1.CC(C)(C)OC(=O)Nc1ccc(Oc2ccnc(N)c2)cc1.FC(F)(F)O[I-](OC(F)(F)F)(OC(F)(F)F)c1ccccc1. The molecule has 4 amide bonds. The summed E-state index contributed by atoms with van der Waals surface area (Å²) in [7, 11) is 0. The van der Waals surface area contributed by atoms with Crippen LogP contribution in [0.15, 0.2) is 152 Å². The number of aromatic nitrogens is 3. The van der Waals surface area contributed by atoms with Crippen LogP contribution in [0.5, 0.6) is 34.5 Å². The molecule has 0 saturated heterocycles. The Bertz CT molecular complexity index is 3470. The van der Waals surface area contributed by atoms with Crippen molar-refractivity contribution in [1.82, 2.24) is 15.0 Å². The molecular formula is C64H79F9I2N9O13-. The third-order valence-corrected chi connectivity index (χ3v) is 15.6. The quantitative estimate of drug-likeness (QED) is 0.0335. The average Bonchev–Trinajstić information content (AvgIpc) is 0.779. The Morgan fingerprint density at radius 2 is 0.763 bits per heavy atom. The zero-order chi connectivity index (χ0) is 74.2. The topological polar surface area (TPSA) is 304 Å².